The normalized spacial score (nSPS) is 11.6. The maximum atomic E-state index is 13.4. The standard InChI is InChI=1S/C26H29N3O3/c1-19(2)26(31)29(18-20-12-14-23(32-3)15-13-20)24(21-9-5-4-6-10-21)25(30)28-17-22-11-7-8-16-27-22/h4-16,19,24H,17-18H2,1-3H3,(H,28,30)/t24-/m1/s1. The van der Waals surface area contributed by atoms with E-state index in [1.165, 1.54) is 0 Å². The van der Waals surface area contributed by atoms with Gasteiger partial charge in [0.2, 0.25) is 11.8 Å². The van der Waals surface area contributed by atoms with Crippen molar-refractivity contribution in [1.29, 1.82) is 0 Å². The molecule has 1 atom stereocenters. The third-order valence-electron chi connectivity index (χ3n) is 5.13. The highest BCUT2D eigenvalue weighted by atomic mass is 16.5. The summed E-state index contributed by atoms with van der Waals surface area (Å²) < 4.78 is 5.24. The van der Waals surface area contributed by atoms with E-state index in [2.05, 4.69) is 10.3 Å². The van der Waals surface area contributed by atoms with Crippen molar-refractivity contribution in [2.45, 2.75) is 33.0 Å². The number of carbonyl (C=O) groups excluding carboxylic acids is 2. The Balaban J connectivity index is 1.92. The van der Waals surface area contributed by atoms with Gasteiger partial charge in [0.1, 0.15) is 11.8 Å². The summed E-state index contributed by atoms with van der Waals surface area (Å²) in [5.74, 6) is 0.137. The number of hydrogen-bond acceptors (Lipinski definition) is 4. The molecule has 0 aliphatic carbocycles. The minimum absolute atomic E-state index is 0.0948. The molecule has 0 saturated carbocycles. The molecule has 2 aromatic carbocycles. The van der Waals surface area contributed by atoms with E-state index in [-0.39, 0.29) is 24.3 Å². The lowest BCUT2D eigenvalue weighted by Crippen LogP contribution is -2.44. The summed E-state index contributed by atoms with van der Waals surface area (Å²) in [6.07, 6.45) is 1.69. The van der Waals surface area contributed by atoms with Crippen LogP contribution in [0.4, 0.5) is 0 Å². The number of aromatic nitrogens is 1. The number of nitrogens with zero attached hydrogens (tertiary/aromatic N) is 2. The van der Waals surface area contributed by atoms with Crippen LogP contribution in [0.25, 0.3) is 0 Å². The molecule has 0 saturated heterocycles. The number of pyridine rings is 1. The predicted molar refractivity (Wildman–Crippen MR) is 124 cm³/mol. The summed E-state index contributed by atoms with van der Waals surface area (Å²) in [5, 5.41) is 2.96. The smallest absolute Gasteiger partial charge is 0.247 e. The third kappa shape index (κ3) is 5.94. The molecule has 0 spiro atoms. The highest BCUT2D eigenvalue weighted by Gasteiger charge is 2.32. The van der Waals surface area contributed by atoms with Gasteiger partial charge in [-0.05, 0) is 35.4 Å². The predicted octanol–water partition coefficient (Wildman–Crippen LogP) is 4.13. The number of ether oxygens (including phenoxy) is 1. The highest BCUT2D eigenvalue weighted by molar-refractivity contribution is 5.89. The first kappa shape index (κ1) is 23.0. The second-order valence-corrected chi connectivity index (χ2v) is 7.82. The molecular weight excluding hydrogens is 402 g/mol. The van der Waals surface area contributed by atoms with Crippen LogP contribution in [-0.4, -0.2) is 28.8 Å². The van der Waals surface area contributed by atoms with Gasteiger partial charge in [0.05, 0.1) is 19.3 Å². The van der Waals surface area contributed by atoms with Crippen molar-refractivity contribution in [3.05, 3.63) is 95.8 Å². The molecule has 3 aromatic rings. The van der Waals surface area contributed by atoms with Crippen molar-refractivity contribution in [3.8, 4) is 5.75 Å². The minimum Gasteiger partial charge on any atom is -0.497 e. The van der Waals surface area contributed by atoms with Gasteiger partial charge >= 0.3 is 0 Å². The van der Waals surface area contributed by atoms with Gasteiger partial charge in [-0.15, -0.1) is 0 Å². The van der Waals surface area contributed by atoms with E-state index in [9.17, 15) is 9.59 Å². The maximum Gasteiger partial charge on any atom is 0.247 e. The van der Waals surface area contributed by atoms with Gasteiger partial charge in [0, 0.05) is 18.7 Å². The Hall–Kier alpha value is -3.67. The largest absolute Gasteiger partial charge is 0.497 e. The number of benzene rings is 2. The van der Waals surface area contributed by atoms with E-state index in [0.29, 0.717) is 6.54 Å². The van der Waals surface area contributed by atoms with Crippen LogP contribution in [0, 0.1) is 5.92 Å². The Morgan fingerprint density at radius 2 is 1.66 bits per heavy atom. The SMILES string of the molecule is COc1ccc(CN(C(=O)C(C)C)[C@@H](C(=O)NCc2ccccn2)c2ccccc2)cc1. The molecule has 166 valence electrons. The molecule has 1 aromatic heterocycles. The van der Waals surface area contributed by atoms with Crippen LogP contribution in [-0.2, 0) is 22.7 Å². The molecule has 0 bridgehead atoms. The lowest BCUT2D eigenvalue weighted by molar-refractivity contribution is -0.144. The zero-order chi connectivity index (χ0) is 22.9. The molecule has 0 unspecified atom stereocenters. The summed E-state index contributed by atoms with van der Waals surface area (Å²) in [7, 11) is 1.61. The molecular formula is C26H29N3O3. The van der Waals surface area contributed by atoms with Crippen LogP contribution in [0.5, 0.6) is 5.75 Å². The van der Waals surface area contributed by atoms with E-state index in [1.54, 1.807) is 18.2 Å². The van der Waals surface area contributed by atoms with Gasteiger partial charge in [-0.25, -0.2) is 0 Å². The molecule has 1 heterocycles. The molecule has 3 rings (SSSR count). The fourth-order valence-electron chi connectivity index (χ4n) is 3.44. The van der Waals surface area contributed by atoms with Crippen LogP contribution in [0.3, 0.4) is 0 Å². The first-order valence-electron chi connectivity index (χ1n) is 10.7. The van der Waals surface area contributed by atoms with Crippen LogP contribution >= 0.6 is 0 Å². The molecule has 0 aliphatic rings. The van der Waals surface area contributed by atoms with Crippen LogP contribution in [0.1, 0.15) is 36.7 Å². The van der Waals surface area contributed by atoms with Crippen molar-refractivity contribution >= 4 is 11.8 Å². The average molecular weight is 432 g/mol. The van der Waals surface area contributed by atoms with E-state index < -0.39 is 6.04 Å². The van der Waals surface area contributed by atoms with E-state index in [1.807, 2.05) is 86.6 Å². The van der Waals surface area contributed by atoms with E-state index in [4.69, 9.17) is 4.74 Å². The Bertz CT molecular complexity index is 1010. The van der Waals surface area contributed by atoms with Gasteiger partial charge in [0.25, 0.3) is 0 Å². The van der Waals surface area contributed by atoms with Crippen molar-refractivity contribution < 1.29 is 14.3 Å². The van der Waals surface area contributed by atoms with Crippen LogP contribution in [0.2, 0.25) is 0 Å². The second kappa shape index (κ2) is 11.1. The fraction of sp³-hybridized carbons (Fsp3) is 0.269. The molecule has 0 fully saturated rings. The van der Waals surface area contributed by atoms with Crippen molar-refractivity contribution in [1.82, 2.24) is 15.2 Å². The minimum atomic E-state index is -0.767. The third-order valence-corrected chi connectivity index (χ3v) is 5.13. The Labute approximate surface area is 189 Å². The molecule has 6 nitrogen and oxygen atoms in total. The topological polar surface area (TPSA) is 71.5 Å². The molecule has 2 amide bonds. The van der Waals surface area contributed by atoms with Gasteiger partial charge in [0.15, 0.2) is 0 Å². The number of amides is 2. The monoisotopic (exact) mass is 431 g/mol. The van der Waals surface area contributed by atoms with Crippen LogP contribution in [0.15, 0.2) is 79.0 Å². The lowest BCUT2D eigenvalue weighted by Gasteiger charge is -2.33. The summed E-state index contributed by atoms with van der Waals surface area (Å²) in [6.45, 7) is 4.28. The Morgan fingerprint density at radius 1 is 0.969 bits per heavy atom. The van der Waals surface area contributed by atoms with E-state index in [0.717, 1.165) is 22.6 Å². The zero-order valence-corrected chi connectivity index (χ0v) is 18.7. The number of methoxy groups -OCH3 is 1. The van der Waals surface area contributed by atoms with Crippen molar-refractivity contribution in [2.24, 2.45) is 5.92 Å². The summed E-state index contributed by atoms with van der Waals surface area (Å²) in [4.78, 5) is 32.6. The second-order valence-electron chi connectivity index (χ2n) is 7.82. The summed E-state index contributed by atoms with van der Waals surface area (Å²) >= 11 is 0. The number of rotatable bonds is 9. The van der Waals surface area contributed by atoms with E-state index >= 15 is 0 Å². The van der Waals surface area contributed by atoms with Gasteiger partial charge in [-0.1, -0.05) is 62.4 Å². The number of hydrogen-bond donors (Lipinski definition) is 1. The van der Waals surface area contributed by atoms with Gasteiger partial charge in [-0.2, -0.15) is 0 Å². The van der Waals surface area contributed by atoms with Gasteiger partial charge < -0.3 is 15.0 Å². The van der Waals surface area contributed by atoms with Crippen LogP contribution < -0.4 is 10.1 Å². The molecule has 1 N–H and O–H groups in total. The fourth-order valence-corrected chi connectivity index (χ4v) is 3.44. The van der Waals surface area contributed by atoms with Crippen molar-refractivity contribution in [2.75, 3.05) is 7.11 Å². The number of nitrogens with one attached hydrogen (secondary N) is 1. The molecule has 0 radical (unpaired) electrons. The summed E-state index contributed by atoms with van der Waals surface area (Å²) in [5.41, 5.74) is 2.43. The van der Waals surface area contributed by atoms with Crippen molar-refractivity contribution in [3.63, 3.8) is 0 Å². The first-order valence-corrected chi connectivity index (χ1v) is 10.7. The molecule has 6 heteroatoms. The zero-order valence-electron chi connectivity index (χ0n) is 18.7. The number of carbonyl (C=O) groups is 2. The molecule has 32 heavy (non-hydrogen) atoms. The molecule has 0 aliphatic heterocycles. The average Bonchev–Trinajstić information content (AvgIpc) is 2.83. The highest BCUT2D eigenvalue weighted by Crippen LogP contribution is 2.26. The van der Waals surface area contributed by atoms with Gasteiger partial charge in [-0.3, -0.25) is 14.6 Å². The Kier molecular flexibility index (Phi) is 7.97. The quantitative estimate of drug-likeness (QED) is 0.553. The Morgan fingerprint density at radius 3 is 2.25 bits per heavy atom. The maximum absolute atomic E-state index is 13.4. The lowest BCUT2D eigenvalue weighted by atomic mass is 10.0. The first-order chi connectivity index (χ1) is 15.5. The summed E-state index contributed by atoms with van der Waals surface area (Å²) in [6, 6.07) is 21.7.